The average Bonchev–Trinajstić information content (AvgIpc) is 3.25. The minimum Gasteiger partial charge on any atom is -0.489 e. The highest BCUT2D eigenvalue weighted by Crippen LogP contribution is 2.24. The van der Waals surface area contributed by atoms with Crippen LogP contribution in [0.15, 0.2) is 79.4 Å². The van der Waals surface area contributed by atoms with Crippen molar-refractivity contribution in [2.45, 2.75) is 26.4 Å². The van der Waals surface area contributed by atoms with Crippen molar-refractivity contribution in [3.63, 3.8) is 0 Å². The summed E-state index contributed by atoms with van der Waals surface area (Å²) in [6.07, 6.45) is 6.78. The molecule has 1 amide bonds. The molecule has 31 heavy (non-hydrogen) atoms. The largest absolute Gasteiger partial charge is 0.489 e. The Kier molecular flexibility index (Phi) is 6.03. The number of carbonyl (C=O) groups excluding carboxylic acids is 1. The summed E-state index contributed by atoms with van der Waals surface area (Å²) < 4.78 is 7.54. The van der Waals surface area contributed by atoms with Crippen molar-refractivity contribution in [3.05, 3.63) is 96.2 Å². The van der Waals surface area contributed by atoms with Crippen LogP contribution < -0.4 is 10.1 Å². The normalized spacial score (nSPS) is 10.8. The molecule has 0 aliphatic rings. The Bertz CT molecular complexity index is 1160. The lowest BCUT2D eigenvalue weighted by Crippen LogP contribution is -2.15. The fourth-order valence-corrected chi connectivity index (χ4v) is 3.26. The van der Waals surface area contributed by atoms with E-state index in [0.717, 1.165) is 11.3 Å². The lowest BCUT2D eigenvalue weighted by atomic mass is 10.1. The topological polar surface area (TPSA) is 81.9 Å². The Morgan fingerprint density at radius 1 is 1.06 bits per heavy atom. The van der Waals surface area contributed by atoms with E-state index in [9.17, 15) is 4.79 Å². The monoisotopic (exact) mass is 413 g/mol. The standard InChI is InChI=1S/C24H23N5O2/c1-17(2)23-21(15-27-29(23)22-10-3-4-12-26-22)24(30)28-19-8-5-9-20(13-19)31-16-18-7-6-11-25-14-18/h3-15,17H,16H2,1-2H3,(H,28,30). The SMILES string of the molecule is CC(C)c1c(C(=O)Nc2cccc(OCc3cccnc3)c2)cnn1-c1ccccn1. The number of pyridine rings is 2. The Hall–Kier alpha value is -4.00. The number of nitrogens with one attached hydrogen (secondary N) is 1. The van der Waals surface area contributed by atoms with E-state index in [0.29, 0.717) is 29.4 Å². The molecule has 1 N–H and O–H groups in total. The molecule has 3 heterocycles. The predicted octanol–water partition coefficient (Wildman–Crippen LogP) is 4.62. The first-order valence-corrected chi connectivity index (χ1v) is 10.0. The summed E-state index contributed by atoms with van der Waals surface area (Å²) in [5, 5.41) is 7.37. The molecule has 1 aromatic carbocycles. The molecular weight excluding hydrogens is 390 g/mol. The van der Waals surface area contributed by atoms with E-state index in [4.69, 9.17) is 4.74 Å². The maximum absolute atomic E-state index is 13.0. The van der Waals surface area contributed by atoms with Gasteiger partial charge in [0.05, 0.1) is 17.5 Å². The van der Waals surface area contributed by atoms with Crippen LogP contribution in [0.25, 0.3) is 5.82 Å². The first kappa shape index (κ1) is 20.3. The van der Waals surface area contributed by atoms with Gasteiger partial charge in [-0.15, -0.1) is 0 Å². The number of hydrogen-bond donors (Lipinski definition) is 1. The van der Waals surface area contributed by atoms with Crippen molar-refractivity contribution in [2.24, 2.45) is 0 Å². The van der Waals surface area contributed by atoms with Crippen molar-refractivity contribution >= 4 is 11.6 Å². The van der Waals surface area contributed by atoms with Crippen LogP contribution in [0.4, 0.5) is 5.69 Å². The lowest BCUT2D eigenvalue weighted by molar-refractivity contribution is 0.102. The van der Waals surface area contributed by atoms with E-state index < -0.39 is 0 Å². The van der Waals surface area contributed by atoms with Gasteiger partial charge in [0, 0.05) is 35.9 Å². The summed E-state index contributed by atoms with van der Waals surface area (Å²) in [5.74, 6) is 1.20. The number of nitrogens with zero attached hydrogens (tertiary/aromatic N) is 4. The molecule has 0 radical (unpaired) electrons. The molecule has 4 aromatic rings. The van der Waals surface area contributed by atoms with Crippen LogP contribution in [0, 0.1) is 0 Å². The smallest absolute Gasteiger partial charge is 0.259 e. The van der Waals surface area contributed by atoms with E-state index in [-0.39, 0.29) is 11.8 Å². The number of hydrogen-bond acceptors (Lipinski definition) is 5. The van der Waals surface area contributed by atoms with Crippen molar-refractivity contribution in [1.82, 2.24) is 19.7 Å². The third-order valence-electron chi connectivity index (χ3n) is 4.68. The lowest BCUT2D eigenvalue weighted by Gasteiger charge is -2.13. The van der Waals surface area contributed by atoms with E-state index in [1.165, 1.54) is 0 Å². The molecule has 4 rings (SSSR count). The second-order valence-electron chi connectivity index (χ2n) is 7.33. The Labute approximate surface area is 180 Å². The fraction of sp³-hybridized carbons (Fsp3) is 0.167. The van der Waals surface area contributed by atoms with Crippen LogP contribution in [-0.4, -0.2) is 25.7 Å². The van der Waals surface area contributed by atoms with Gasteiger partial charge in [0.2, 0.25) is 0 Å². The summed E-state index contributed by atoms with van der Waals surface area (Å²) in [6, 6.07) is 16.7. The summed E-state index contributed by atoms with van der Waals surface area (Å²) in [4.78, 5) is 21.5. The highest BCUT2D eigenvalue weighted by Gasteiger charge is 2.21. The van der Waals surface area contributed by atoms with Gasteiger partial charge in [-0.3, -0.25) is 9.78 Å². The number of benzene rings is 1. The van der Waals surface area contributed by atoms with Crippen LogP contribution >= 0.6 is 0 Å². The first-order valence-electron chi connectivity index (χ1n) is 10.0. The maximum atomic E-state index is 13.0. The molecule has 0 bridgehead atoms. The maximum Gasteiger partial charge on any atom is 0.259 e. The number of amides is 1. The molecular formula is C24H23N5O2. The van der Waals surface area contributed by atoms with Crippen molar-refractivity contribution in [1.29, 1.82) is 0 Å². The molecule has 0 aliphatic heterocycles. The zero-order valence-electron chi connectivity index (χ0n) is 17.4. The van der Waals surface area contributed by atoms with Gasteiger partial charge in [0.1, 0.15) is 12.4 Å². The molecule has 0 spiro atoms. The van der Waals surface area contributed by atoms with Gasteiger partial charge in [0.25, 0.3) is 5.91 Å². The highest BCUT2D eigenvalue weighted by molar-refractivity contribution is 6.05. The van der Waals surface area contributed by atoms with Crippen molar-refractivity contribution in [2.75, 3.05) is 5.32 Å². The Morgan fingerprint density at radius 3 is 2.71 bits per heavy atom. The molecule has 0 unspecified atom stereocenters. The third kappa shape index (κ3) is 4.78. The predicted molar refractivity (Wildman–Crippen MR) is 118 cm³/mol. The first-order chi connectivity index (χ1) is 15.1. The summed E-state index contributed by atoms with van der Waals surface area (Å²) >= 11 is 0. The van der Waals surface area contributed by atoms with Gasteiger partial charge in [-0.1, -0.05) is 32.0 Å². The molecule has 0 aliphatic carbocycles. The highest BCUT2D eigenvalue weighted by atomic mass is 16.5. The van der Waals surface area contributed by atoms with Crippen molar-refractivity contribution < 1.29 is 9.53 Å². The van der Waals surface area contributed by atoms with Crippen molar-refractivity contribution in [3.8, 4) is 11.6 Å². The number of ether oxygens (including phenoxy) is 1. The minimum atomic E-state index is -0.227. The van der Waals surface area contributed by atoms with Gasteiger partial charge in [-0.2, -0.15) is 5.10 Å². The number of anilines is 1. The summed E-state index contributed by atoms with van der Waals surface area (Å²) in [6.45, 7) is 4.46. The number of carbonyl (C=O) groups is 1. The second kappa shape index (κ2) is 9.21. The molecule has 0 saturated carbocycles. The molecule has 7 heteroatoms. The molecule has 156 valence electrons. The molecule has 0 saturated heterocycles. The van der Waals surface area contributed by atoms with Crippen LogP contribution in [0.5, 0.6) is 5.75 Å². The average molecular weight is 413 g/mol. The second-order valence-corrected chi connectivity index (χ2v) is 7.33. The van der Waals surface area contributed by atoms with E-state index in [1.807, 2.05) is 62.4 Å². The van der Waals surface area contributed by atoms with Gasteiger partial charge >= 0.3 is 0 Å². The minimum absolute atomic E-state index is 0.0828. The van der Waals surface area contributed by atoms with E-state index >= 15 is 0 Å². The fourth-order valence-electron chi connectivity index (χ4n) is 3.26. The molecule has 0 fully saturated rings. The van der Waals surface area contributed by atoms with Gasteiger partial charge < -0.3 is 10.1 Å². The van der Waals surface area contributed by atoms with Gasteiger partial charge in [-0.05, 0) is 36.2 Å². The zero-order valence-corrected chi connectivity index (χ0v) is 17.4. The summed E-state index contributed by atoms with van der Waals surface area (Å²) in [5.41, 5.74) is 2.94. The Balaban J connectivity index is 1.52. The third-order valence-corrected chi connectivity index (χ3v) is 4.68. The van der Waals surface area contributed by atoms with Crippen LogP contribution in [0.2, 0.25) is 0 Å². The van der Waals surface area contributed by atoms with Crippen LogP contribution in [0.3, 0.4) is 0 Å². The van der Waals surface area contributed by atoms with E-state index in [2.05, 4.69) is 20.4 Å². The molecule has 7 nitrogen and oxygen atoms in total. The van der Waals surface area contributed by atoms with Crippen LogP contribution in [-0.2, 0) is 6.61 Å². The zero-order chi connectivity index (χ0) is 21.6. The van der Waals surface area contributed by atoms with Crippen LogP contribution in [0.1, 0.15) is 41.4 Å². The van der Waals surface area contributed by atoms with E-state index in [1.54, 1.807) is 35.5 Å². The number of aromatic nitrogens is 4. The summed E-state index contributed by atoms with van der Waals surface area (Å²) in [7, 11) is 0. The Morgan fingerprint density at radius 2 is 1.97 bits per heavy atom. The molecule has 3 aromatic heterocycles. The van der Waals surface area contributed by atoms with Gasteiger partial charge in [-0.25, -0.2) is 9.67 Å². The molecule has 0 atom stereocenters. The number of rotatable bonds is 7. The quantitative estimate of drug-likeness (QED) is 0.478. The van der Waals surface area contributed by atoms with Gasteiger partial charge in [0.15, 0.2) is 5.82 Å².